The molecule has 1 aromatic carbocycles. The summed E-state index contributed by atoms with van der Waals surface area (Å²) in [7, 11) is 3.61. The number of aromatic nitrogens is 2. The lowest BCUT2D eigenvalue weighted by Crippen LogP contribution is -2.24. The first-order valence-electron chi connectivity index (χ1n) is 7.63. The van der Waals surface area contributed by atoms with Crippen LogP contribution in [0.25, 0.3) is 0 Å². The molecule has 0 aliphatic carbocycles. The lowest BCUT2D eigenvalue weighted by molar-refractivity contribution is -0.129. The van der Waals surface area contributed by atoms with Gasteiger partial charge in [-0.05, 0) is 12.1 Å². The van der Waals surface area contributed by atoms with Gasteiger partial charge >= 0.3 is 12.1 Å². The molecule has 0 aliphatic rings. The van der Waals surface area contributed by atoms with E-state index in [1.807, 2.05) is 14.1 Å². The molecule has 0 aliphatic heterocycles. The number of esters is 1. The zero-order valence-electron chi connectivity index (χ0n) is 15.0. The molecule has 2 aromatic rings. The van der Waals surface area contributed by atoms with E-state index < -0.39 is 17.8 Å². The third-order valence-electron chi connectivity index (χ3n) is 3.08. The number of anilines is 2. The monoisotopic (exact) mass is 437 g/mol. The lowest BCUT2D eigenvalue weighted by atomic mass is 10.3. The lowest BCUT2D eigenvalue weighted by Gasteiger charge is -2.13. The summed E-state index contributed by atoms with van der Waals surface area (Å²) in [5.74, 6) is -0.362. The Kier molecular flexibility index (Phi) is 7.13. The van der Waals surface area contributed by atoms with Crippen molar-refractivity contribution in [2.75, 3.05) is 24.4 Å². The SMILES string of the molecule is CN(C)c1cc(Oc2c(Cl)cc(NN=C(C#N)C(=O)OC(N)=O)cc2Cl)ncn1. The van der Waals surface area contributed by atoms with Gasteiger partial charge in [0.15, 0.2) is 5.75 Å². The summed E-state index contributed by atoms with van der Waals surface area (Å²) in [6.45, 7) is 0. The van der Waals surface area contributed by atoms with Gasteiger partial charge in [-0.25, -0.2) is 19.6 Å². The van der Waals surface area contributed by atoms with E-state index in [0.717, 1.165) is 0 Å². The van der Waals surface area contributed by atoms with Crippen LogP contribution < -0.4 is 20.8 Å². The van der Waals surface area contributed by atoms with Crippen LogP contribution in [0, 0.1) is 11.3 Å². The van der Waals surface area contributed by atoms with Crippen LogP contribution in [-0.4, -0.2) is 41.8 Å². The van der Waals surface area contributed by atoms with Crippen molar-refractivity contribution in [3.8, 4) is 17.7 Å². The fourth-order valence-corrected chi connectivity index (χ4v) is 2.40. The van der Waals surface area contributed by atoms with Gasteiger partial charge in [0.1, 0.15) is 18.2 Å². The van der Waals surface area contributed by atoms with Crippen LogP contribution in [0.15, 0.2) is 29.6 Å². The van der Waals surface area contributed by atoms with E-state index in [2.05, 4.69) is 25.2 Å². The zero-order chi connectivity index (χ0) is 21.6. The maximum Gasteiger partial charge on any atom is 0.412 e. The fraction of sp³-hybridized carbons (Fsp3) is 0.125. The van der Waals surface area contributed by atoms with Crippen molar-refractivity contribution < 1.29 is 19.1 Å². The number of nitrogens with one attached hydrogen (secondary N) is 1. The van der Waals surface area contributed by atoms with Crippen LogP contribution in [0.5, 0.6) is 11.6 Å². The Bertz CT molecular complexity index is 998. The first kappa shape index (κ1) is 21.7. The molecular formula is C16H13Cl2N7O4. The van der Waals surface area contributed by atoms with E-state index in [1.54, 1.807) is 11.0 Å². The number of hydrogen-bond acceptors (Lipinski definition) is 10. The normalized spacial score (nSPS) is 10.7. The van der Waals surface area contributed by atoms with Gasteiger partial charge in [0.25, 0.3) is 0 Å². The molecule has 0 atom stereocenters. The van der Waals surface area contributed by atoms with Crippen molar-refractivity contribution in [1.29, 1.82) is 5.26 Å². The molecule has 2 rings (SSSR count). The van der Waals surface area contributed by atoms with Crippen LogP contribution in [-0.2, 0) is 9.53 Å². The molecule has 0 saturated heterocycles. The number of primary amides is 1. The third-order valence-corrected chi connectivity index (χ3v) is 3.64. The molecule has 0 spiro atoms. The number of hydrazone groups is 1. The number of nitrogens with zero attached hydrogens (tertiary/aromatic N) is 5. The topological polar surface area (TPSA) is 156 Å². The van der Waals surface area contributed by atoms with Crippen LogP contribution in [0.4, 0.5) is 16.3 Å². The zero-order valence-corrected chi connectivity index (χ0v) is 16.5. The fourth-order valence-electron chi connectivity index (χ4n) is 1.83. The van der Waals surface area contributed by atoms with E-state index in [1.165, 1.54) is 24.5 Å². The van der Waals surface area contributed by atoms with Crippen LogP contribution >= 0.6 is 23.2 Å². The van der Waals surface area contributed by atoms with Gasteiger partial charge in [-0.15, -0.1) is 0 Å². The first-order valence-corrected chi connectivity index (χ1v) is 8.38. The number of carbonyl (C=O) groups is 2. The molecule has 1 aromatic heterocycles. The van der Waals surface area contributed by atoms with Gasteiger partial charge in [0, 0.05) is 20.2 Å². The molecule has 3 N–H and O–H groups in total. The molecule has 0 unspecified atom stereocenters. The molecule has 1 amide bonds. The maximum absolute atomic E-state index is 11.5. The quantitative estimate of drug-likeness (QED) is 0.299. The second kappa shape index (κ2) is 9.54. The van der Waals surface area contributed by atoms with E-state index in [9.17, 15) is 9.59 Å². The average molecular weight is 438 g/mol. The van der Waals surface area contributed by atoms with Crippen molar-refractivity contribution in [2.45, 2.75) is 0 Å². The summed E-state index contributed by atoms with van der Waals surface area (Å²) >= 11 is 12.4. The highest BCUT2D eigenvalue weighted by Crippen LogP contribution is 2.38. The van der Waals surface area contributed by atoms with Gasteiger partial charge < -0.3 is 20.1 Å². The highest BCUT2D eigenvalue weighted by molar-refractivity contribution is 6.44. The van der Waals surface area contributed by atoms with Gasteiger partial charge in [-0.3, -0.25) is 5.43 Å². The van der Waals surface area contributed by atoms with Crippen LogP contribution in [0.3, 0.4) is 0 Å². The Morgan fingerprint density at radius 1 is 1.24 bits per heavy atom. The van der Waals surface area contributed by atoms with Gasteiger partial charge in [-0.1, -0.05) is 23.2 Å². The average Bonchev–Trinajstić information content (AvgIpc) is 2.65. The van der Waals surface area contributed by atoms with E-state index in [0.29, 0.717) is 5.82 Å². The Labute approximate surface area is 174 Å². The summed E-state index contributed by atoms with van der Waals surface area (Å²) in [4.78, 5) is 31.9. The minimum absolute atomic E-state index is 0.0958. The largest absolute Gasteiger partial charge is 0.436 e. The highest BCUT2D eigenvalue weighted by atomic mass is 35.5. The number of halogens is 2. The highest BCUT2D eigenvalue weighted by Gasteiger charge is 2.17. The molecule has 1 heterocycles. The predicted molar refractivity (Wildman–Crippen MR) is 105 cm³/mol. The molecule has 0 bridgehead atoms. The van der Waals surface area contributed by atoms with E-state index >= 15 is 0 Å². The van der Waals surface area contributed by atoms with Crippen molar-refractivity contribution >= 4 is 52.5 Å². The standard InChI is InChI=1S/C16H13Cl2N7O4/c1-25(2)12-5-13(22-7-21-12)28-14-9(17)3-8(4-10(14)18)23-24-11(6-19)15(26)29-16(20)27/h3-5,7,23H,1-2H3,(H2,20,27). The smallest absolute Gasteiger partial charge is 0.412 e. The van der Waals surface area contributed by atoms with Crippen LogP contribution in [0.2, 0.25) is 10.0 Å². The number of ether oxygens (including phenoxy) is 2. The first-order chi connectivity index (χ1) is 13.7. The summed E-state index contributed by atoms with van der Waals surface area (Å²) in [5, 5.41) is 12.6. The Hall–Kier alpha value is -3.62. The maximum atomic E-state index is 11.5. The molecule has 0 radical (unpaired) electrons. The Morgan fingerprint density at radius 3 is 2.45 bits per heavy atom. The number of carbonyl (C=O) groups excluding carboxylic acids is 2. The summed E-state index contributed by atoms with van der Waals surface area (Å²) < 4.78 is 9.70. The Balaban J connectivity index is 2.22. The molecule has 11 nitrogen and oxygen atoms in total. The van der Waals surface area contributed by atoms with Crippen molar-refractivity contribution in [1.82, 2.24) is 9.97 Å². The molecule has 0 fully saturated rings. The predicted octanol–water partition coefficient (Wildman–Crippen LogP) is 2.56. The number of amides is 1. The second-order valence-electron chi connectivity index (χ2n) is 5.37. The van der Waals surface area contributed by atoms with Crippen molar-refractivity contribution in [2.24, 2.45) is 10.8 Å². The van der Waals surface area contributed by atoms with Crippen molar-refractivity contribution in [3.05, 3.63) is 34.6 Å². The Morgan fingerprint density at radius 2 is 1.90 bits per heavy atom. The minimum Gasteiger partial charge on any atom is -0.436 e. The molecule has 13 heteroatoms. The molecular weight excluding hydrogens is 425 g/mol. The van der Waals surface area contributed by atoms with Crippen molar-refractivity contribution in [3.63, 3.8) is 0 Å². The number of nitriles is 1. The second-order valence-corrected chi connectivity index (χ2v) is 6.19. The molecule has 150 valence electrons. The van der Waals surface area contributed by atoms with Crippen LogP contribution in [0.1, 0.15) is 0 Å². The number of benzene rings is 1. The van der Waals surface area contributed by atoms with Gasteiger partial charge in [-0.2, -0.15) is 10.4 Å². The van der Waals surface area contributed by atoms with Gasteiger partial charge in [0.2, 0.25) is 11.6 Å². The number of nitrogens with two attached hydrogens (primary N) is 1. The number of rotatable bonds is 6. The summed E-state index contributed by atoms with van der Waals surface area (Å²) in [5.41, 5.74) is 6.60. The summed E-state index contributed by atoms with van der Waals surface area (Å²) in [6.07, 6.45) is -0.0428. The van der Waals surface area contributed by atoms with E-state index in [-0.39, 0.29) is 27.4 Å². The third kappa shape index (κ3) is 5.93. The van der Waals surface area contributed by atoms with Gasteiger partial charge in [0.05, 0.1) is 15.7 Å². The minimum atomic E-state index is -1.37. The molecule has 0 saturated carbocycles. The number of hydrogen-bond donors (Lipinski definition) is 2. The summed E-state index contributed by atoms with van der Waals surface area (Å²) in [6, 6.07) is 5.82. The van der Waals surface area contributed by atoms with E-state index in [4.69, 9.17) is 38.9 Å². The molecule has 29 heavy (non-hydrogen) atoms.